The van der Waals surface area contributed by atoms with Gasteiger partial charge in [0.1, 0.15) is 0 Å². The van der Waals surface area contributed by atoms with E-state index >= 15 is 0 Å². The molecule has 1 fully saturated rings. The first kappa shape index (κ1) is 15.4. The lowest BCUT2D eigenvalue weighted by atomic mass is 10.2. The summed E-state index contributed by atoms with van der Waals surface area (Å²) >= 11 is 1.51. The summed E-state index contributed by atoms with van der Waals surface area (Å²) in [5.74, 6) is 0.120. The number of amides is 1. The summed E-state index contributed by atoms with van der Waals surface area (Å²) in [7, 11) is 0. The van der Waals surface area contributed by atoms with E-state index in [4.69, 9.17) is 0 Å². The van der Waals surface area contributed by atoms with Gasteiger partial charge in [-0.25, -0.2) is 0 Å². The Labute approximate surface area is 154 Å². The Kier molecular flexibility index (Phi) is 3.46. The van der Waals surface area contributed by atoms with Gasteiger partial charge in [-0.3, -0.25) is 9.78 Å². The normalized spacial score (nSPS) is 14.0. The lowest BCUT2D eigenvalue weighted by Crippen LogP contribution is -2.41. The highest BCUT2D eigenvalue weighted by atomic mass is 32.1. The van der Waals surface area contributed by atoms with Gasteiger partial charge in [-0.05, 0) is 49.7 Å². The Morgan fingerprint density at radius 1 is 1.23 bits per heavy atom. The minimum atomic E-state index is 0.120. The number of pyridine rings is 1. The summed E-state index contributed by atoms with van der Waals surface area (Å²) in [6.45, 7) is 3.78. The molecule has 1 saturated heterocycles. The summed E-state index contributed by atoms with van der Waals surface area (Å²) in [4.78, 5) is 22.9. The molecule has 1 aromatic carbocycles. The summed E-state index contributed by atoms with van der Waals surface area (Å²) in [5, 5.41) is 4.67. The number of hydrogen-bond donors (Lipinski definition) is 2. The SMILES string of the molecule is Cc1cc2cc(Nc3ccnc4cc(C(=O)N5CCC5)sc34)ccc2[nH]1. The van der Waals surface area contributed by atoms with Gasteiger partial charge in [0.05, 0.1) is 20.8 Å². The molecule has 4 heterocycles. The van der Waals surface area contributed by atoms with E-state index < -0.39 is 0 Å². The molecule has 130 valence electrons. The van der Waals surface area contributed by atoms with Crippen molar-refractivity contribution in [1.82, 2.24) is 14.9 Å². The van der Waals surface area contributed by atoms with Crippen LogP contribution in [0.25, 0.3) is 21.1 Å². The van der Waals surface area contributed by atoms with Crippen LogP contribution < -0.4 is 5.32 Å². The van der Waals surface area contributed by atoms with Crippen molar-refractivity contribution in [1.29, 1.82) is 0 Å². The molecule has 0 atom stereocenters. The van der Waals surface area contributed by atoms with Crippen LogP contribution in [-0.4, -0.2) is 33.9 Å². The minimum Gasteiger partial charge on any atom is -0.359 e. The Hall–Kier alpha value is -2.86. The van der Waals surface area contributed by atoms with Gasteiger partial charge in [0.15, 0.2) is 0 Å². The number of rotatable bonds is 3. The lowest BCUT2D eigenvalue weighted by Gasteiger charge is -2.30. The molecule has 1 aliphatic rings. The van der Waals surface area contributed by atoms with Crippen molar-refractivity contribution in [2.24, 2.45) is 0 Å². The largest absolute Gasteiger partial charge is 0.359 e. The maximum atomic E-state index is 12.5. The second-order valence-electron chi connectivity index (χ2n) is 6.71. The third-order valence-corrected chi connectivity index (χ3v) is 5.95. The van der Waals surface area contributed by atoms with E-state index in [2.05, 4.69) is 46.5 Å². The molecule has 3 aromatic heterocycles. The van der Waals surface area contributed by atoms with Crippen LogP contribution >= 0.6 is 11.3 Å². The predicted molar refractivity (Wildman–Crippen MR) is 106 cm³/mol. The summed E-state index contributed by atoms with van der Waals surface area (Å²) in [6.07, 6.45) is 2.89. The Morgan fingerprint density at radius 3 is 2.92 bits per heavy atom. The highest BCUT2D eigenvalue weighted by Crippen LogP contribution is 2.34. The Morgan fingerprint density at radius 2 is 2.12 bits per heavy atom. The number of likely N-dealkylation sites (tertiary alicyclic amines) is 1. The van der Waals surface area contributed by atoms with Crippen LogP contribution in [0.2, 0.25) is 0 Å². The number of carbonyl (C=O) groups is 1. The second kappa shape index (κ2) is 5.85. The minimum absolute atomic E-state index is 0.120. The zero-order valence-corrected chi connectivity index (χ0v) is 15.2. The fourth-order valence-corrected chi connectivity index (χ4v) is 4.38. The van der Waals surface area contributed by atoms with Crippen molar-refractivity contribution in [3.05, 3.63) is 53.2 Å². The van der Waals surface area contributed by atoms with Crippen LogP contribution in [0.5, 0.6) is 0 Å². The van der Waals surface area contributed by atoms with Crippen LogP contribution in [0.4, 0.5) is 11.4 Å². The quantitative estimate of drug-likeness (QED) is 0.556. The third kappa shape index (κ3) is 2.54. The zero-order chi connectivity index (χ0) is 17.7. The summed E-state index contributed by atoms with van der Waals surface area (Å²) in [6, 6.07) is 12.3. The number of nitrogens with one attached hydrogen (secondary N) is 2. The van der Waals surface area contributed by atoms with Gasteiger partial charge in [-0.1, -0.05) is 0 Å². The van der Waals surface area contributed by atoms with Gasteiger partial charge >= 0.3 is 0 Å². The highest BCUT2D eigenvalue weighted by Gasteiger charge is 2.23. The molecule has 5 nitrogen and oxygen atoms in total. The van der Waals surface area contributed by atoms with Crippen molar-refractivity contribution < 1.29 is 4.79 Å². The highest BCUT2D eigenvalue weighted by molar-refractivity contribution is 7.21. The monoisotopic (exact) mass is 362 g/mol. The number of nitrogens with zero attached hydrogens (tertiary/aromatic N) is 2. The van der Waals surface area contributed by atoms with Gasteiger partial charge in [0.2, 0.25) is 0 Å². The number of hydrogen-bond acceptors (Lipinski definition) is 4. The van der Waals surface area contributed by atoms with Crippen molar-refractivity contribution in [2.75, 3.05) is 18.4 Å². The van der Waals surface area contributed by atoms with Crippen LogP contribution in [-0.2, 0) is 0 Å². The molecule has 4 aromatic rings. The fraction of sp³-hybridized carbons (Fsp3) is 0.200. The van der Waals surface area contributed by atoms with Gasteiger partial charge in [0.25, 0.3) is 5.91 Å². The third-order valence-electron chi connectivity index (χ3n) is 4.80. The standard InChI is InChI=1S/C20H18N4OS/c1-12-9-13-10-14(3-4-15(13)22-12)23-16-5-6-21-17-11-18(26-19(16)17)20(25)24-7-2-8-24/h3-6,9-11,22H,2,7-8H2,1H3,(H,21,23). The second-order valence-corrected chi connectivity index (χ2v) is 7.76. The van der Waals surface area contributed by atoms with Crippen LogP contribution in [0.3, 0.4) is 0 Å². The number of aromatic amines is 1. The molecular formula is C20H18N4OS. The van der Waals surface area contributed by atoms with E-state index in [1.807, 2.05) is 17.0 Å². The van der Waals surface area contributed by atoms with Gasteiger partial charge in [-0.2, -0.15) is 0 Å². The van der Waals surface area contributed by atoms with E-state index in [-0.39, 0.29) is 5.91 Å². The van der Waals surface area contributed by atoms with E-state index in [1.165, 1.54) is 16.7 Å². The number of aromatic nitrogens is 2. The predicted octanol–water partition coefficient (Wildman–Crippen LogP) is 4.68. The first-order valence-corrected chi connectivity index (χ1v) is 9.53. The molecule has 0 bridgehead atoms. The number of benzene rings is 1. The molecule has 6 heteroatoms. The van der Waals surface area contributed by atoms with E-state index in [0.717, 1.165) is 57.2 Å². The lowest BCUT2D eigenvalue weighted by molar-refractivity contribution is 0.0657. The van der Waals surface area contributed by atoms with Crippen LogP contribution in [0.1, 0.15) is 21.8 Å². The Balaban J connectivity index is 1.50. The molecule has 26 heavy (non-hydrogen) atoms. The molecule has 0 spiro atoms. The van der Waals surface area contributed by atoms with E-state index in [0.29, 0.717) is 0 Å². The van der Waals surface area contributed by atoms with E-state index in [1.54, 1.807) is 6.20 Å². The number of H-pyrrole nitrogens is 1. The summed E-state index contributed by atoms with van der Waals surface area (Å²) < 4.78 is 1.02. The molecule has 0 unspecified atom stereocenters. The van der Waals surface area contributed by atoms with Crippen molar-refractivity contribution >= 4 is 49.7 Å². The molecule has 0 radical (unpaired) electrons. The van der Waals surface area contributed by atoms with Crippen molar-refractivity contribution in [3.63, 3.8) is 0 Å². The number of fused-ring (bicyclic) bond motifs is 2. The fourth-order valence-electron chi connectivity index (χ4n) is 3.33. The van der Waals surface area contributed by atoms with Crippen molar-refractivity contribution in [2.45, 2.75) is 13.3 Å². The number of carbonyl (C=O) groups excluding carboxylic acids is 1. The summed E-state index contributed by atoms with van der Waals surface area (Å²) in [5.41, 5.74) is 5.15. The maximum absolute atomic E-state index is 12.5. The zero-order valence-electron chi connectivity index (χ0n) is 14.4. The number of aryl methyl sites for hydroxylation is 1. The molecule has 1 aliphatic heterocycles. The average Bonchev–Trinajstić information content (AvgIpc) is 3.16. The Bertz CT molecular complexity index is 1140. The van der Waals surface area contributed by atoms with Crippen molar-refractivity contribution in [3.8, 4) is 0 Å². The van der Waals surface area contributed by atoms with Gasteiger partial charge in [-0.15, -0.1) is 11.3 Å². The molecule has 2 N–H and O–H groups in total. The smallest absolute Gasteiger partial charge is 0.264 e. The first-order valence-electron chi connectivity index (χ1n) is 8.71. The average molecular weight is 362 g/mol. The molecular weight excluding hydrogens is 344 g/mol. The van der Waals surface area contributed by atoms with Gasteiger partial charge in [0, 0.05) is 41.6 Å². The number of anilines is 2. The van der Waals surface area contributed by atoms with Crippen LogP contribution in [0.15, 0.2) is 42.6 Å². The molecule has 0 aliphatic carbocycles. The topological polar surface area (TPSA) is 61.0 Å². The molecule has 0 saturated carbocycles. The maximum Gasteiger partial charge on any atom is 0.264 e. The van der Waals surface area contributed by atoms with E-state index in [9.17, 15) is 4.79 Å². The van der Waals surface area contributed by atoms with Crippen LogP contribution in [0, 0.1) is 6.92 Å². The number of thiophene rings is 1. The van der Waals surface area contributed by atoms with Gasteiger partial charge < -0.3 is 15.2 Å². The molecule has 1 amide bonds. The first-order chi connectivity index (χ1) is 12.7. The molecule has 5 rings (SSSR count).